The third kappa shape index (κ3) is 3.46. The Bertz CT molecular complexity index is 839. The number of hydrogen-bond acceptors (Lipinski definition) is 3. The molecule has 2 aromatic heterocycles. The highest BCUT2D eigenvalue weighted by Gasteiger charge is 2.35. The van der Waals surface area contributed by atoms with E-state index < -0.39 is 0 Å². The molecule has 0 saturated heterocycles. The summed E-state index contributed by atoms with van der Waals surface area (Å²) in [6.45, 7) is 3.94. The van der Waals surface area contributed by atoms with Gasteiger partial charge in [-0.3, -0.25) is 4.90 Å². The molecule has 0 spiro atoms. The van der Waals surface area contributed by atoms with E-state index in [1.807, 2.05) is 24.3 Å². The standard InChI is InChI=1S/C21H25N3O/c1-16-19(24-12-6-5-9-21(24)22-16)14-23(20(15-25)18-10-11-18)13-17-7-3-2-4-8-17/h2-9,12,18,20,25H,10-11,13-15H2,1H3. The molecule has 0 radical (unpaired) electrons. The van der Waals surface area contributed by atoms with Crippen molar-refractivity contribution in [2.24, 2.45) is 5.92 Å². The van der Waals surface area contributed by atoms with E-state index in [9.17, 15) is 5.11 Å². The van der Waals surface area contributed by atoms with Gasteiger partial charge in [-0.2, -0.15) is 0 Å². The van der Waals surface area contributed by atoms with Gasteiger partial charge in [0, 0.05) is 25.3 Å². The van der Waals surface area contributed by atoms with Crippen molar-refractivity contribution in [2.75, 3.05) is 6.61 Å². The SMILES string of the molecule is Cc1nc2ccccn2c1CN(Cc1ccccc1)C(CO)C1CC1. The highest BCUT2D eigenvalue weighted by atomic mass is 16.3. The van der Waals surface area contributed by atoms with Gasteiger partial charge >= 0.3 is 0 Å². The van der Waals surface area contributed by atoms with Crippen LogP contribution in [0.4, 0.5) is 0 Å². The van der Waals surface area contributed by atoms with E-state index in [1.165, 1.54) is 24.1 Å². The number of aliphatic hydroxyl groups is 1. The van der Waals surface area contributed by atoms with Crippen molar-refractivity contribution in [3.8, 4) is 0 Å². The second kappa shape index (κ2) is 6.98. The minimum Gasteiger partial charge on any atom is -0.395 e. The largest absolute Gasteiger partial charge is 0.395 e. The average Bonchev–Trinajstić information content (AvgIpc) is 3.41. The lowest BCUT2D eigenvalue weighted by atomic mass is 10.1. The summed E-state index contributed by atoms with van der Waals surface area (Å²) in [6, 6.07) is 16.9. The van der Waals surface area contributed by atoms with Crippen LogP contribution in [0, 0.1) is 12.8 Å². The Morgan fingerprint density at radius 1 is 1.12 bits per heavy atom. The van der Waals surface area contributed by atoms with Gasteiger partial charge in [0.05, 0.1) is 18.0 Å². The summed E-state index contributed by atoms with van der Waals surface area (Å²) < 4.78 is 2.18. The molecular weight excluding hydrogens is 310 g/mol. The zero-order chi connectivity index (χ0) is 17.2. The predicted molar refractivity (Wildman–Crippen MR) is 99.2 cm³/mol. The molecule has 130 valence electrons. The van der Waals surface area contributed by atoms with Gasteiger partial charge in [0.15, 0.2) is 0 Å². The van der Waals surface area contributed by atoms with E-state index in [0.29, 0.717) is 5.92 Å². The molecule has 3 aromatic rings. The van der Waals surface area contributed by atoms with Crippen LogP contribution in [0.25, 0.3) is 5.65 Å². The highest BCUT2D eigenvalue weighted by Crippen LogP contribution is 2.36. The lowest BCUT2D eigenvalue weighted by Crippen LogP contribution is -2.39. The fraction of sp³-hybridized carbons (Fsp3) is 0.381. The number of aryl methyl sites for hydroxylation is 1. The molecule has 4 rings (SSSR count). The summed E-state index contributed by atoms with van der Waals surface area (Å²) >= 11 is 0. The molecule has 1 aliphatic rings. The monoisotopic (exact) mass is 335 g/mol. The average molecular weight is 335 g/mol. The van der Waals surface area contributed by atoms with E-state index >= 15 is 0 Å². The molecule has 2 heterocycles. The van der Waals surface area contributed by atoms with Crippen LogP contribution in [0.15, 0.2) is 54.7 Å². The van der Waals surface area contributed by atoms with Crippen molar-refractivity contribution in [1.29, 1.82) is 0 Å². The first-order valence-electron chi connectivity index (χ1n) is 9.07. The molecule has 1 aliphatic carbocycles. The van der Waals surface area contributed by atoms with Crippen molar-refractivity contribution >= 4 is 5.65 Å². The fourth-order valence-corrected chi connectivity index (χ4v) is 3.70. The molecule has 1 unspecified atom stereocenters. The summed E-state index contributed by atoms with van der Waals surface area (Å²) in [5.74, 6) is 0.619. The van der Waals surface area contributed by atoms with Crippen LogP contribution in [-0.4, -0.2) is 32.0 Å². The first-order valence-corrected chi connectivity index (χ1v) is 9.07. The third-order valence-corrected chi connectivity index (χ3v) is 5.23. The van der Waals surface area contributed by atoms with E-state index in [1.54, 1.807) is 0 Å². The van der Waals surface area contributed by atoms with Crippen LogP contribution in [0.3, 0.4) is 0 Å². The predicted octanol–water partition coefficient (Wildman–Crippen LogP) is 3.42. The quantitative estimate of drug-likeness (QED) is 0.719. The van der Waals surface area contributed by atoms with E-state index in [4.69, 9.17) is 4.98 Å². The van der Waals surface area contributed by atoms with Crippen LogP contribution in [0.2, 0.25) is 0 Å². The number of benzene rings is 1. The number of aromatic nitrogens is 2. The molecule has 1 saturated carbocycles. The van der Waals surface area contributed by atoms with Gasteiger partial charge in [0.2, 0.25) is 0 Å². The van der Waals surface area contributed by atoms with Gasteiger partial charge in [-0.15, -0.1) is 0 Å². The zero-order valence-corrected chi connectivity index (χ0v) is 14.7. The van der Waals surface area contributed by atoms with Gasteiger partial charge in [0.25, 0.3) is 0 Å². The molecule has 4 nitrogen and oxygen atoms in total. The second-order valence-corrected chi connectivity index (χ2v) is 7.05. The zero-order valence-electron chi connectivity index (χ0n) is 14.7. The molecule has 1 atom stereocenters. The van der Waals surface area contributed by atoms with Gasteiger partial charge in [-0.05, 0) is 43.4 Å². The summed E-state index contributed by atoms with van der Waals surface area (Å²) in [7, 11) is 0. The molecule has 0 amide bonds. The molecule has 1 fully saturated rings. The van der Waals surface area contributed by atoms with Crippen LogP contribution in [-0.2, 0) is 13.1 Å². The number of pyridine rings is 1. The lowest BCUT2D eigenvalue weighted by Gasteiger charge is -2.31. The summed E-state index contributed by atoms with van der Waals surface area (Å²) in [6.07, 6.45) is 4.53. The first kappa shape index (κ1) is 16.3. The normalized spacial score (nSPS) is 15.8. The van der Waals surface area contributed by atoms with Crippen molar-refractivity contribution in [2.45, 2.75) is 38.9 Å². The molecular formula is C21H25N3O. The Hall–Kier alpha value is -2.17. The summed E-state index contributed by atoms with van der Waals surface area (Å²) in [4.78, 5) is 7.12. The Kier molecular flexibility index (Phi) is 4.55. The molecule has 25 heavy (non-hydrogen) atoms. The number of imidazole rings is 1. The minimum atomic E-state index is 0.216. The smallest absolute Gasteiger partial charge is 0.137 e. The van der Waals surface area contributed by atoms with Gasteiger partial charge in [0.1, 0.15) is 5.65 Å². The fourth-order valence-electron chi connectivity index (χ4n) is 3.70. The van der Waals surface area contributed by atoms with E-state index in [0.717, 1.165) is 24.4 Å². The highest BCUT2D eigenvalue weighted by molar-refractivity contribution is 5.42. The number of rotatable bonds is 7. The number of nitrogens with zero attached hydrogens (tertiary/aromatic N) is 3. The topological polar surface area (TPSA) is 40.8 Å². The van der Waals surface area contributed by atoms with Crippen molar-refractivity contribution in [3.05, 3.63) is 71.7 Å². The van der Waals surface area contributed by atoms with E-state index in [-0.39, 0.29) is 12.6 Å². The Labute approximate surface area is 148 Å². The Morgan fingerprint density at radius 3 is 2.60 bits per heavy atom. The Morgan fingerprint density at radius 2 is 1.88 bits per heavy atom. The third-order valence-electron chi connectivity index (χ3n) is 5.23. The van der Waals surface area contributed by atoms with Crippen molar-refractivity contribution < 1.29 is 5.11 Å². The van der Waals surface area contributed by atoms with Crippen molar-refractivity contribution in [1.82, 2.24) is 14.3 Å². The van der Waals surface area contributed by atoms with Gasteiger partial charge in [-0.25, -0.2) is 4.98 Å². The minimum absolute atomic E-state index is 0.216. The summed E-state index contributed by atoms with van der Waals surface area (Å²) in [5.41, 5.74) is 4.55. The maximum atomic E-state index is 10.0. The molecule has 1 aromatic carbocycles. The second-order valence-electron chi connectivity index (χ2n) is 7.05. The van der Waals surface area contributed by atoms with Gasteiger partial charge < -0.3 is 9.51 Å². The van der Waals surface area contributed by atoms with E-state index in [2.05, 4.69) is 46.7 Å². The first-order chi connectivity index (χ1) is 12.3. The molecule has 4 heteroatoms. The van der Waals surface area contributed by atoms with Crippen LogP contribution in [0.1, 0.15) is 29.8 Å². The van der Waals surface area contributed by atoms with Crippen LogP contribution < -0.4 is 0 Å². The molecule has 1 N–H and O–H groups in total. The molecule has 0 bridgehead atoms. The lowest BCUT2D eigenvalue weighted by molar-refractivity contribution is 0.0930. The van der Waals surface area contributed by atoms with Crippen LogP contribution >= 0.6 is 0 Å². The summed E-state index contributed by atoms with van der Waals surface area (Å²) in [5, 5.41) is 10.0. The number of aliphatic hydroxyl groups excluding tert-OH is 1. The molecule has 0 aliphatic heterocycles. The maximum Gasteiger partial charge on any atom is 0.137 e. The van der Waals surface area contributed by atoms with Crippen molar-refractivity contribution in [3.63, 3.8) is 0 Å². The number of hydrogen-bond donors (Lipinski definition) is 1. The van der Waals surface area contributed by atoms with Crippen LogP contribution in [0.5, 0.6) is 0 Å². The Balaban J connectivity index is 1.66. The number of fused-ring (bicyclic) bond motifs is 1. The maximum absolute atomic E-state index is 10.0. The van der Waals surface area contributed by atoms with Gasteiger partial charge in [-0.1, -0.05) is 36.4 Å².